The van der Waals surface area contributed by atoms with E-state index < -0.39 is 10.2 Å². The fraction of sp³-hybridized carbons (Fsp3) is 0.231. The van der Waals surface area contributed by atoms with Crippen LogP contribution in [0.15, 0.2) is 78.9 Å². The van der Waals surface area contributed by atoms with Crippen LogP contribution < -0.4 is 0 Å². The molecule has 4 heteroatoms. The highest BCUT2D eigenvalue weighted by Crippen LogP contribution is 2.66. The van der Waals surface area contributed by atoms with Gasteiger partial charge in [0.15, 0.2) is 0 Å². The fourth-order valence-corrected chi connectivity index (χ4v) is 7.17. The van der Waals surface area contributed by atoms with Crippen molar-refractivity contribution in [2.45, 2.75) is 23.2 Å². The Balaban J connectivity index is 1.57. The third kappa shape index (κ3) is 2.05. The molecule has 3 aromatic carbocycles. The quantitative estimate of drug-likeness (QED) is 0.394. The van der Waals surface area contributed by atoms with Crippen molar-refractivity contribution in [3.63, 3.8) is 0 Å². The third-order valence-corrected chi connectivity index (χ3v) is 8.57. The number of likely N-dealkylation sites (tertiary alicyclic amines) is 1. The van der Waals surface area contributed by atoms with Crippen molar-refractivity contribution in [1.82, 2.24) is 4.90 Å². The first-order valence-electron chi connectivity index (χ1n) is 10.3. The topological polar surface area (TPSA) is 37.4 Å². The summed E-state index contributed by atoms with van der Waals surface area (Å²) in [6.07, 6.45) is 0. The van der Waals surface area contributed by atoms with E-state index in [0.29, 0.717) is 0 Å². The smallest absolute Gasteiger partial charge is 0.235 e. The minimum atomic E-state index is -0.683. The Labute approximate surface area is 183 Å². The van der Waals surface area contributed by atoms with E-state index >= 15 is 0 Å². The molecule has 2 bridgehead atoms. The molecule has 4 aliphatic rings. The first-order valence-corrected chi connectivity index (χ1v) is 11.1. The number of benzene rings is 3. The van der Waals surface area contributed by atoms with Gasteiger partial charge in [-0.1, -0.05) is 94.8 Å². The Morgan fingerprint density at radius 3 is 1.93 bits per heavy atom. The molecule has 3 atom stereocenters. The van der Waals surface area contributed by atoms with E-state index in [4.69, 9.17) is 0 Å². The normalized spacial score (nSPS) is 29.4. The van der Waals surface area contributed by atoms with E-state index in [1.807, 2.05) is 61.5 Å². The Morgan fingerprint density at radius 2 is 1.33 bits per heavy atom. The van der Waals surface area contributed by atoms with Crippen molar-refractivity contribution >= 4 is 27.7 Å². The molecule has 0 spiro atoms. The second-order valence-electron chi connectivity index (χ2n) is 8.50. The Morgan fingerprint density at radius 1 is 0.800 bits per heavy atom. The zero-order valence-electron chi connectivity index (χ0n) is 16.5. The molecule has 3 aliphatic carbocycles. The summed E-state index contributed by atoms with van der Waals surface area (Å²) < 4.78 is -0.683. The molecule has 2 amide bonds. The number of halogens is 1. The number of hydrogen-bond acceptors (Lipinski definition) is 2. The molecule has 1 aliphatic heterocycles. The van der Waals surface area contributed by atoms with Gasteiger partial charge in [-0.15, -0.1) is 0 Å². The van der Waals surface area contributed by atoms with Crippen LogP contribution in [0.2, 0.25) is 0 Å². The van der Waals surface area contributed by atoms with Crippen LogP contribution in [0.5, 0.6) is 0 Å². The van der Waals surface area contributed by atoms with Crippen molar-refractivity contribution in [2.75, 3.05) is 0 Å². The lowest BCUT2D eigenvalue weighted by Gasteiger charge is -2.51. The average Bonchev–Trinajstić information content (AvgIpc) is 3.06. The predicted octanol–water partition coefficient (Wildman–Crippen LogP) is 5.15. The van der Waals surface area contributed by atoms with Gasteiger partial charge in [0, 0.05) is 5.92 Å². The molecular formula is C26H20BrNO2. The lowest BCUT2D eigenvalue weighted by atomic mass is 9.55. The summed E-state index contributed by atoms with van der Waals surface area (Å²) in [5.41, 5.74) is 5.52. The molecule has 1 fully saturated rings. The molecule has 7 rings (SSSR count). The molecule has 30 heavy (non-hydrogen) atoms. The Kier molecular flexibility index (Phi) is 3.70. The fourth-order valence-electron chi connectivity index (χ4n) is 5.96. The van der Waals surface area contributed by atoms with Crippen LogP contribution in [0.25, 0.3) is 0 Å². The van der Waals surface area contributed by atoms with Gasteiger partial charge in [-0.25, -0.2) is 0 Å². The van der Waals surface area contributed by atoms with Gasteiger partial charge >= 0.3 is 0 Å². The van der Waals surface area contributed by atoms with Crippen LogP contribution in [-0.2, 0) is 13.9 Å². The van der Waals surface area contributed by atoms with Gasteiger partial charge in [-0.3, -0.25) is 14.5 Å². The van der Waals surface area contributed by atoms with Crippen LogP contribution in [0, 0.1) is 11.8 Å². The number of amides is 2. The van der Waals surface area contributed by atoms with Crippen molar-refractivity contribution < 1.29 is 9.59 Å². The van der Waals surface area contributed by atoms with Crippen LogP contribution in [-0.4, -0.2) is 16.7 Å². The molecule has 0 unspecified atom stereocenters. The molecule has 0 N–H and O–H groups in total. The van der Waals surface area contributed by atoms with Crippen LogP contribution in [0.4, 0.5) is 0 Å². The van der Waals surface area contributed by atoms with Gasteiger partial charge in [0.05, 0.1) is 22.2 Å². The van der Waals surface area contributed by atoms with Gasteiger partial charge < -0.3 is 0 Å². The number of nitrogens with zero attached hydrogens (tertiary/aromatic N) is 1. The van der Waals surface area contributed by atoms with Crippen molar-refractivity contribution in [3.05, 3.63) is 107 Å². The lowest BCUT2D eigenvalue weighted by Crippen LogP contribution is -2.50. The van der Waals surface area contributed by atoms with Crippen LogP contribution in [0.3, 0.4) is 0 Å². The summed E-state index contributed by atoms with van der Waals surface area (Å²) in [6, 6.07) is 26.0. The van der Waals surface area contributed by atoms with E-state index in [1.54, 1.807) is 0 Å². The van der Waals surface area contributed by atoms with E-state index in [0.717, 1.165) is 27.8 Å². The van der Waals surface area contributed by atoms with E-state index in [-0.39, 0.29) is 29.7 Å². The number of imide groups is 1. The van der Waals surface area contributed by atoms with Gasteiger partial charge in [0.25, 0.3) is 0 Å². The second-order valence-corrected chi connectivity index (χ2v) is 9.75. The van der Waals surface area contributed by atoms with Crippen molar-refractivity contribution in [2.24, 2.45) is 11.8 Å². The molecular weight excluding hydrogens is 438 g/mol. The average molecular weight is 458 g/mol. The van der Waals surface area contributed by atoms with Crippen molar-refractivity contribution in [3.8, 4) is 0 Å². The van der Waals surface area contributed by atoms with Crippen LogP contribution >= 0.6 is 15.9 Å². The minimum absolute atomic E-state index is 0.0563. The molecule has 1 saturated heterocycles. The van der Waals surface area contributed by atoms with E-state index in [9.17, 15) is 9.59 Å². The highest BCUT2D eigenvalue weighted by atomic mass is 79.9. The number of alkyl halides is 1. The summed E-state index contributed by atoms with van der Waals surface area (Å²) in [4.78, 5) is 29.2. The predicted molar refractivity (Wildman–Crippen MR) is 118 cm³/mol. The maximum Gasteiger partial charge on any atom is 0.235 e. The zero-order chi connectivity index (χ0) is 20.6. The zero-order valence-corrected chi connectivity index (χ0v) is 18.0. The number of carbonyl (C=O) groups is 2. The Bertz CT molecular complexity index is 1160. The van der Waals surface area contributed by atoms with Crippen molar-refractivity contribution in [1.29, 1.82) is 0 Å². The van der Waals surface area contributed by atoms with Gasteiger partial charge in [0.1, 0.15) is 0 Å². The number of rotatable bonds is 2. The molecule has 3 aromatic rings. The molecule has 3 nitrogen and oxygen atoms in total. The highest BCUT2D eigenvalue weighted by Gasteiger charge is 2.67. The summed E-state index contributed by atoms with van der Waals surface area (Å²) in [5, 5.41) is 0. The lowest BCUT2D eigenvalue weighted by molar-refractivity contribution is -0.142. The molecule has 1 heterocycles. The maximum atomic E-state index is 13.9. The first kappa shape index (κ1) is 18.1. The standard InChI is InChI=1S/C26H20BrNO2/c1-15(16-9-3-2-4-10-16)28-24(29)22-21-17-11-5-7-13-19(17)26(27,23(22)25(28)30)20-14-8-6-12-18(20)21/h2-15,21-23H,1H3/t15-,21?,22+,23-,26?/m1/s1. The highest BCUT2D eigenvalue weighted by molar-refractivity contribution is 9.09. The minimum Gasteiger partial charge on any atom is -0.275 e. The summed E-state index contributed by atoms with van der Waals surface area (Å²) in [7, 11) is 0. The molecule has 0 aromatic heterocycles. The number of carbonyl (C=O) groups excluding carboxylic acids is 2. The van der Waals surface area contributed by atoms with Crippen LogP contribution in [0.1, 0.15) is 46.7 Å². The SMILES string of the molecule is C[C@H](c1ccccc1)N1C(=O)[C@H]2C3c4ccccc4C(Br)(c4ccccc43)[C@H]2C1=O. The molecule has 0 saturated carbocycles. The Hall–Kier alpha value is -2.72. The first-order chi connectivity index (χ1) is 14.5. The number of hydrogen-bond donors (Lipinski definition) is 0. The maximum absolute atomic E-state index is 13.9. The van der Waals surface area contributed by atoms with Gasteiger partial charge in [0.2, 0.25) is 11.8 Å². The van der Waals surface area contributed by atoms with Gasteiger partial charge in [-0.2, -0.15) is 0 Å². The third-order valence-electron chi connectivity index (χ3n) is 7.22. The largest absolute Gasteiger partial charge is 0.275 e. The monoisotopic (exact) mass is 457 g/mol. The summed E-state index contributed by atoms with van der Waals surface area (Å²) in [5.74, 6) is -1.04. The van der Waals surface area contributed by atoms with Gasteiger partial charge in [-0.05, 0) is 34.7 Å². The van der Waals surface area contributed by atoms with E-state index in [1.165, 1.54) is 4.90 Å². The van der Waals surface area contributed by atoms with E-state index in [2.05, 4.69) is 40.2 Å². The summed E-state index contributed by atoms with van der Waals surface area (Å²) in [6.45, 7) is 1.95. The summed E-state index contributed by atoms with van der Waals surface area (Å²) >= 11 is 4.04. The molecule has 148 valence electrons. The second kappa shape index (κ2) is 6.14. The molecule has 0 radical (unpaired) electrons.